The normalized spacial score (nSPS) is 11.1. The molecule has 0 fully saturated rings. The van der Waals surface area contributed by atoms with E-state index in [2.05, 4.69) is 5.32 Å². The minimum Gasteiger partial charge on any atom is -0.463 e. The molecule has 0 saturated heterocycles. The topological polar surface area (TPSA) is 38.3 Å². The van der Waals surface area contributed by atoms with Gasteiger partial charge in [0.25, 0.3) is 0 Å². The highest BCUT2D eigenvalue weighted by molar-refractivity contribution is 6.30. The van der Waals surface area contributed by atoms with Crippen LogP contribution in [0.4, 0.5) is 5.69 Å². The average molecular weight is 240 g/mol. The Morgan fingerprint density at radius 3 is 2.62 bits per heavy atom. The number of hydrogen-bond donors (Lipinski definition) is 1. The quantitative estimate of drug-likeness (QED) is 0.648. The summed E-state index contributed by atoms with van der Waals surface area (Å²) in [4.78, 5) is 11.1. The Morgan fingerprint density at radius 1 is 1.44 bits per heavy atom. The molecule has 0 aromatic heterocycles. The Labute approximate surface area is 100 Å². The molecule has 0 atom stereocenters. The molecule has 0 aliphatic rings. The Kier molecular flexibility index (Phi) is 4.86. The molecule has 4 heteroatoms. The van der Waals surface area contributed by atoms with E-state index in [-0.39, 0.29) is 5.97 Å². The van der Waals surface area contributed by atoms with Crippen molar-refractivity contribution in [2.24, 2.45) is 0 Å². The fraction of sp³-hybridized carbons (Fsp3) is 0.250. The minimum absolute atomic E-state index is 0.346. The predicted octanol–water partition coefficient (Wildman–Crippen LogP) is 3.22. The predicted molar refractivity (Wildman–Crippen MR) is 65.5 cm³/mol. The zero-order valence-corrected chi connectivity index (χ0v) is 10.0. The summed E-state index contributed by atoms with van der Waals surface area (Å²) >= 11 is 5.76. The van der Waals surface area contributed by atoms with Crippen LogP contribution in [0.5, 0.6) is 0 Å². The van der Waals surface area contributed by atoms with Crippen LogP contribution in [0, 0.1) is 0 Å². The molecular formula is C12H14ClNO2. The molecule has 0 amide bonds. The van der Waals surface area contributed by atoms with Gasteiger partial charge in [0.15, 0.2) is 0 Å². The third-order valence-corrected chi connectivity index (χ3v) is 2.06. The molecule has 1 N–H and O–H groups in total. The molecule has 0 unspecified atom stereocenters. The van der Waals surface area contributed by atoms with Crippen molar-refractivity contribution in [3.8, 4) is 0 Å². The van der Waals surface area contributed by atoms with Gasteiger partial charge in [0, 0.05) is 22.5 Å². The van der Waals surface area contributed by atoms with Gasteiger partial charge in [0.1, 0.15) is 0 Å². The Morgan fingerprint density at radius 2 is 2.06 bits per heavy atom. The number of carbonyl (C=O) groups excluding carboxylic acids is 1. The number of hydrogen-bond acceptors (Lipinski definition) is 3. The first-order valence-corrected chi connectivity index (χ1v) is 5.37. The molecule has 1 aromatic rings. The number of benzene rings is 1. The summed E-state index contributed by atoms with van der Waals surface area (Å²) in [5, 5.41) is 3.74. The first-order chi connectivity index (χ1) is 7.61. The zero-order valence-electron chi connectivity index (χ0n) is 9.29. The number of esters is 1. The van der Waals surface area contributed by atoms with Crippen molar-refractivity contribution in [2.75, 3.05) is 11.9 Å². The lowest BCUT2D eigenvalue weighted by Crippen LogP contribution is -2.04. The summed E-state index contributed by atoms with van der Waals surface area (Å²) in [6.45, 7) is 3.95. The van der Waals surface area contributed by atoms with Gasteiger partial charge >= 0.3 is 5.97 Å². The van der Waals surface area contributed by atoms with Crippen molar-refractivity contribution in [3.05, 3.63) is 41.1 Å². The van der Waals surface area contributed by atoms with E-state index in [0.29, 0.717) is 11.6 Å². The van der Waals surface area contributed by atoms with E-state index in [1.807, 2.05) is 12.1 Å². The maximum Gasteiger partial charge on any atom is 0.332 e. The third kappa shape index (κ3) is 4.36. The Hall–Kier alpha value is -1.48. The van der Waals surface area contributed by atoms with E-state index in [4.69, 9.17) is 16.3 Å². The Bertz CT molecular complexity index is 385. The lowest BCUT2D eigenvalue weighted by Gasteiger charge is -2.06. The van der Waals surface area contributed by atoms with Gasteiger partial charge < -0.3 is 10.1 Å². The molecule has 0 saturated carbocycles. The summed E-state index contributed by atoms with van der Waals surface area (Å²) in [5.74, 6) is -0.346. The van der Waals surface area contributed by atoms with E-state index >= 15 is 0 Å². The fourth-order valence-corrected chi connectivity index (χ4v) is 1.28. The molecular weight excluding hydrogens is 226 g/mol. The molecule has 1 rings (SSSR count). The Balaban J connectivity index is 2.60. The first kappa shape index (κ1) is 12.6. The van der Waals surface area contributed by atoms with Gasteiger partial charge in [-0.1, -0.05) is 11.6 Å². The molecule has 0 aliphatic heterocycles. The second-order valence-electron chi connectivity index (χ2n) is 3.21. The number of nitrogens with one attached hydrogen (secondary N) is 1. The second-order valence-corrected chi connectivity index (χ2v) is 3.65. The highest BCUT2D eigenvalue weighted by Crippen LogP contribution is 2.14. The number of carbonyl (C=O) groups is 1. The third-order valence-electron chi connectivity index (χ3n) is 1.81. The van der Waals surface area contributed by atoms with Crippen molar-refractivity contribution >= 4 is 23.3 Å². The van der Waals surface area contributed by atoms with E-state index in [1.165, 1.54) is 6.08 Å². The summed E-state index contributed by atoms with van der Waals surface area (Å²) in [7, 11) is 0. The molecule has 86 valence electrons. The van der Waals surface area contributed by atoms with Crippen LogP contribution < -0.4 is 5.32 Å². The molecule has 16 heavy (non-hydrogen) atoms. The van der Waals surface area contributed by atoms with Crippen LogP contribution in [-0.4, -0.2) is 12.6 Å². The lowest BCUT2D eigenvalue weighted by atomic mass is 10.3. The summed E-state index contributed by atoms with van der Waals surface area (Å²) in [6.07, 6.45) is 1.41. The zero-order chi connectivity index (χ0) is 12.0. The smallest absolute Gasteiger partial charge is 0.332 e. The van der Waals surface area contributed by atoms with Crippen molar-refractivity contribution in [2.45, 2.75) is 13.8 Å². The van der Waals surface area contributed by atoms with E-state index < -0.39 is 0 Å². The van der Waals surface area contributed by atoms with Crippen molar-refractivity contribution in [3.63, 3.8) is 0 Å². The van der Waals surface area contributed by atoms with Crippen LogP contribution in [0.3, 0.4) is 0 Å². The standard InChI is InChI=1S/C12H14ClNO2/c1-3-16-12(15)8-9(2)14-11-6-4-10(13)5-7-11/h4-8,14H,3H2,1-2H3/b9-8-. The average Bonchev–Trinajstić information content (AvgIpc) is 2.21. The fourth-order valence-electron chi connectivity index (χ4n) is 1.16. The number of ether oxygens (including phenoxy) is 1. The first-order valence-electron chi connectivity index (χ1n) is 4.99. The maximum atomic E-state index is 11.1. The molecule has 1 aromatic carbocycles. The van der Waals surface area contributed by atoms with Crippen LogP contribution in [0.25, 0.3) is 0 Å². The summed E-state index contributed by atoms with van der Waals surface area (Å²) < 4.78 is 4.79. The van der Waals surface area contributed by atoms with Gasteiger partial charge in [-0.3, -0.25) is 0 Å². The summed E-state index contributed by atoms with van der Waals surface area (Å²) in [5.41, 5.74) is 1.60. The van der Waals surface area contributed by atoms with Crippen molar-refractivity contribution < 1.29 is 9.53 Å². The monoisotopic (exact) mass is 239 g/mol. The SMILES string of the molecule is CCOC(=O)/C=C(/C)Nc1ccc(Cl)cc1. The highest BCUT2D eigenvalue weighted by atomic mass is 35.5. The van der Waals surface area contributed by atoms with Gasteiger partial charge in [0.2, 0.25) is 0 Å². The number of halogens is 1. The van der Waals surface area contributed by atoms with Crippen LogP contribution in [0.2, 0.25) is 5.02 Å². The second kappa shape index (κ2) is 6.18. The largest absolute Gasteiger partial charge is 0.463 e. The van der Waals surface area contributed by atoms with Crippen LogP contribution in [0.1, 0.15) is 13.8 Å². The number of rotatable bonds is 4. The van der Waals surface area contributed by atoms with Gasteiger partial charge in [0.05, 0.1) is 6.61 Å². The van der Waals surface area contributed by atoms with Gasteiger partial charge in [-0.2, -0.15) is 0 Å². The van der Waals surface area contributed by atoms with Crippen LogP contribution >= 0.6 is 11.6 Å². The van der Waals surface area contributed by atoms with E-state index in [0.717, 1.165) is 11.4 Å². The molecule has 0 heterocycles. The van der Waals surface area contributed by atoms with Crippen LogP contribution in [0.15, 0.2) is 36.0 Å². The minimum atomic E-state index is -0.346. The van der Waals surface area contributed by atoms with Gasteiger partial charge in [-0.05, 0) is 38.1 Å². The molecule has 0 bridgehead atoms. The van der Waals surface area contributed by atoms with Gasteiger partial charge in [-0.15, -0.1) is 0 Å². The summed E-state index contributed by atoms with van der Waals surface area (Å²) in [6, 6.07) is 7.23. The highest BCUT2D eigenvalue weighted by Gasteiger charge is 1.98. The molecule has 0 radical (unpaired) electrons. The molecule has 0 spiro atoms. The molecule has 3 nitrogen and oxygen atoms in total. The number of anilines is 1. The van der Waals surface area contributed by atoms with Crippen LogP contribution in [-0.2, 0) is 9.53 Å². The molecule has 0 aliphatic carbocycles. The van der Waals surface area contributed by atoms with Crippen molar-refractivity contribution in [1.82, 2.24) is 0 Å². The van der Waals surface area contributed by atoms with Crippen molar-refractivity contribution in [1.29, 1.82) is 0 Å². The van der Waals surface area contributed by atoms with E-state index in [9.17, 15) is 4.79 Å². The number of allylic oxidation sites excluding steroid dienone is 1. The van der Waals surface area contributed by atoms with E-state index in [1.54, 1.807) is 26.0 Å². The maximum absolute atomic E-state index is 11.1. The van der Waals surface area contributed by atoms with Gasteiger partial charge in [-0.25, -0.2) is 4.79 Å². The lowest BCUT2D eigenvalue weighted by molar-refractivity contribution is -0.137.